The van der Waals surface area contributed by atoms with Gasteiger partial charge in [0.25, 0.3) is 0 Å². The minimum atomic E-state index is 0. The normalized spacial score (nSPS) is 0. The molecule has 0 rings (SSSR count). The Labute approximate surface area is 56.8 Å². The van der Waals surface area contributed by atoms with Crippen molar-refractivity contribution in [1.29, 1.82) is 0 Å². The first-order valence-electron chi connectivity index (χ1n) is 0. The molecule has 0 fully saturated rings. The van der Waals surface area contributed by atoms with Crippen molar-refractivity contribution < 1.29 is 39.0 Å². The van der Waals surface area contributed by atoms with Crippen molar-refractivity contribution >= 4 is 17.4 Å². The van der Waals surface area contributed by atoms with Crippen LogP contribution in [0.5, 0.6) is 0 Å². The molecule has 0 saturated heterocycles. The molecule has 8 N–H and O–H groups in total. The summed E-state index contributed by atoms with van der Waals surface area (Å²) in [6.45, 7) is 0. The van der Waals surface area contributed by atoms with Crippen LogP contribution in [0.15, 0.2) is 0 Å². The molecule has 0 spiro atoms. The van der Waals surface area contributed by atoms with E-state index in [1.165, 1.54) is 0 Å². The molecule has 0 aliphatic carbocycles. The summed E-state index contributed by atoms with van der Waals surface area (Å²) in [5.74, 6) is 0. The Hall–Kier alpha value is 0.892. The van der Waals surface area contributed by atoms with Crippen molar-refractivity contribution in [3.05, 3.63) is 0 Å². The van der Waals surface area contributed by atoms with Gasteiger partial charge in [-0.1, -0.05) is 0 Å². The summed E-state index contributed by atoms with van der Waals surface area (Å²) in [5.41, 5.74) is 0. The fourth-order valence-electron chi connectivity index (χ4n) is 0. The quantitative estimate of drug-likeness (QED) is 0.315. The second-order valence-corrected chi connectivity index (χ2v) is 0. The van der Waals surface area contributed by atoms with E-state index in [0.29, 0.717) is 0 Å². The van der Waals surface area contributed by atoms with Crippen LogP contribution in [-0.4, -0.2) is 39.3 Å². The van der Waals surface area contributed by atoms with E-state index in [-0.39, 0.29) is 56.3 Å². The van der Waals surface area contributed by atoms with Gasteiger partial charge in [0.05, 0.1) is 0 Å². The van der Waals surface area contributed by atoms with Crippen LogP contribution >= 0.6 is 0 Å². The van der Waals surface area contributed by atoms with Crippen LogP contribution in [0.3, 0.4) is 0 Å². The van der Waals surface area contributed by atoms with E-state index in [1.54, 1.807) is 0 Å². The zero-order valence-corrected chi connectivity index (χ0v) is 3.46. The van der Waals surface area contributed by atoms with E-state index >= 15 is 0 Å². The molecule has 0 atom stereocenters. The number of hydrogen-bond acceptors (Lipinski definition) is 0. The summed E-state index contributed by atoms with van der Waals surface area (Å²) in [4.78, 5) is 0. The van der Waals surface area contributed by atoms with Crippen molar-refractivity contribution in [1.82, 2.24) is 0 Å². The Morgan fingerprint density at radius 3 is 0.500 bits per heavy atom. The molecule has 46 valence electrons. The van der Waals surface area contributed by atoms with Gasteiger partial charge in [-0.25, -0.2) is 0 Å². The average molecular weight is 158 g/mol. The van der Waals surface area contributed by atoms with E-state index < -0.39 is 0 Å². The second kappa shape index (κ2) is 177. The maximum Gasteiger partial charge on any atom is 0.187 e. The largest absolute Gasteiger partial charge is 0.412 e. The Morgan fingerprint density at radius 1 is 0.500 bits per heavy atom. The molecule has 0 radical (unpaired) electrons. The first kappa shape index (κ1) is 301. The molecule has 0 aromatic carbocycles. The van der Waals surface area contributed by atoms with Gasteiger partial charge in [-0.3, -0.25) is 0 Å². The summed E-state index contributed by atoms with van der Waals surface area (Å²) in [6, 6.07) is 0. The van der Waals surface area contributed by atoms with Gasteiger partial charge in [0.2, 0.25) is 0 Å². The summed E-state index contributed by atoms with van der Waals surface area (Å²) in [5, 5.41) is 0. The molecule has 0 saturated carbocycles. The van der Waals surface area contributed by atoms with Crippen LogP contribution in [0.25, 0.3) is 0 Å². The van der Waals surface area contributed by atoms with Gasteiger partial charge < -0.3 is 21.9 Å². The van der Waals surface area contributed by atoms with Crippen molar-refractivity contribution in [2.75, 3.05) is 0 Å². The molecule has 0 aliphatic rings. The Balaban J connectivity index is 0. The molecule has 0 aliphatic heterocycles. The third kappa shape index (κ3) is 93.1. The molecule has 6 heavy (non-hydrogen) atoms. The maximum absolute atomic E-state index is 0. The third-order valence-corrected chi connectivity index (χ3v) is 0. The van der Waals surface area contributed by atoms with Gasteiger partial charge in [-0.15, -0.1) is 0 Å². The van der Waals surface area contributed by atoms with Gasteiger partial charge >= 0.3 is 0 Å². The van der Waals surface area contributed by atoms with Crippen LogP contribution in [0, 0.1) is 0 Å². The van der Waals surface area contributed by atoms with Crippen LogP contribution < -0.4 is 0 Å². The van der Waals surface area contributed by atoms with Gasteiger partial charge in [0.1, 0.15) is 0 Å². The fourth-order valence-corrected chi connectivity index (χ4v) is 0. The molecule has 6 heteroatoms. The van der Waals surface area contributed by atoms with E-state index in [9.17, 15) is 0 Å². The van der Waals surface area contributed by atoms with Crippen molar-refractivity contribution in [2.24, 2.45) is 0 Å². The van der Waals surface area contributed by atoms with Crippen molar-refractivity contribution in [2.45, 2.75) is 0 Å². The first-order valence-corrected chi connectivity index (χ1v) is 0. The topological polar surface area (TPSA) is 126 Å². The number of hydrogen-bond donors (Lipinski definition) is 0. The van der Waals surface area contributed by atoms with Crippen LogP contribution in [0.2, 0.25) is 0 Å². The maximum atomic E-state index is 0. The van der Waals surface area contributed by atoms with Gasteiger partial charge in [-0.2, -0.15) is 0 Å². The Morgan fingerprint density at radius 2 is 0.500 bits per heavy atom. The molecule has 0 heterocycles. The summed E-state index contributed by atoms with van der Waals surface area (Å²) < 4.78 is 0. The van der Waals surface area contributed by atoms with Crippen molar-refractivity contribution in [3.63, 3.8) is 0 Å². The molecular formula is H11AlFeO4. The molecule has 4 nitrogen and oxygen atoms in total. The van der Waals surface area contributed by atoms with Gasteiger partial charge in [0, 0.05) is 17.1 Å². The second-order valence-electron chi connectivity index (χ2n) is 0. The smallest absolute Gasteiger partial charge is 0.187 e. The standard InChI is InChI=1S/Al.Fe.4H2O.3H/h;;4*1H2;;;. The molecule has 0 aromatic heterocycles. The van der Waals surface area contributed by atoms with Crippen molar-refractivity contribution in [3.8, 4) is 0 Å². The third-order valence-electron chi connectivity index (χ3n) is 0. The molecule has 0 unspecified atom stereocenters. The summed E-state index contributed by atoms with van der Waals surface area (Å²) >= 11 is 0. The fraction of sp³-hybridized carbons (Fsp3) is 0. The average Bonchev–Trinajstić information content (AvgIpc) is 0. The molecular weight excluding hydrogens is 147 g/mol. The zero-order chi connectivity index (χ0) is 0. The van der Waals surface area contributed by atoms with Crippen LogP contribution in [-0.2, 0) is 17.1 Å². The van der Waals surface area contributed by atoms with Crippen LogP contribution in [0.4, 0.5) is 0 Å². The minimum absolute atomic E-state index is 0. The monoisotopic (exact) mass is 158 g/mol. The van der Waals surface area contributed by atoms with Gasteiger partial charge in [0.15, 0.2) is 17.4 Å². The molecule has 0 aromatic rings. The predicted octanol–water partition coefficient (Wildman–Crippen LogP) is -4.49. The summed E-state index contributed by atoms with van der Waals surface area (Å²) in [7, 11) is 0. The van der Waals surface area contributed by atoms with E-state index in [1.807, 2.05) is 0 Å². The van der Waals surface area contributed by atoms with Gasteiger partial charge in [-0.05, 0) is 0 Å². The van der Waals surface area contributed by atoms with Crippen LogP contribution in [0.1, 0.15) is 0 Å². The number of rotatable bonds is 0. The van der Waals surface area contributed by atoms with E-state index in [4.69, 9.17) is 0 Å². The zero-order valence-electron chi connectivity index (χ0n) is 2.35. The molecule has 0 bridgehead atoms. The van der Waals surface area contributed by atoms with E-state index in [0.717, 1.165) is 0 Å². The first-order chi connectivity index (χ1) is 0. The Kier molecular flexibility index (Phi) is 8880. The predicted molar refractivity (Wildman–Crippen MR) is 24.4 cm³/mol. The SMILES string of the molecule is O.O.O.O.[AlH3].[Fe]. The molecule has 0 amide bonds. The summed E-state index contributed by atoms with van der Waals surface area (Å²) in [6.07, 6.45) is 0. The Bertz CT molecular complexity index is 7.51. The van der Waals surface area contributed by atoms with E-state index in [2.05, 4.69) is 0 Å². The minimum Gasteiger partial charge on any atom is -0.412 e.